The zero-order chi connectivity index (χ0) is 20.1. The summed E-state index contributed by atoms with van der Waals surface area (Å²) < 4.78 is 0. The lowest BCUT2D eigenvalue weighted by atomic mass is 9.79. The monoisotopic (exact) mass is 394 g/mol. The van der Waals surface area contributed by atoms with Crippen LogP contribution in [0.3, 0.4) is 0 Å². The van der Waals surface area contributed by atoms with E-state index in [1.54, 1.807) is 0 Å². The van der Waals surface area contributed by atoms with E-state index in [2.05, 4.69) is 88.4 Å². The van der Waals surface area contributed by atoms with Gasteiger partial charge in [-0.1, -0.05) is 75.7 Å². The van der Waals surface area contributed by atoms with Crippen LogP contribution in [0.15, 0.2) is 66.7 Å². The molecule has 6 rings (SSSR count). The molecule has 0 radical (unpaired) electrons. The van der Waals surface area contributed by atoms with Crippen LogP contribution in [0.5, 0.6) is 0 Å². The summed E-state index contributed by atoms with van der Waals surface area (Å²) >= 11 is 6.71. The molecule has 142 valence electrons. The van der Waals surface area contributed by atoms with Crippen LogP contribution in [-0.4, -0.2) is 0 Å². The molecule has 0 heterocycles. The second kappa shape index (κ2) is 5.32. The average Bonchev–Trinajstić information content (AvgIpc) is 3.06. The molecule has 0 bridgehead atoms. The van der Waals surface area contributed by atoms with Crippen LogP contribution in [0, 0.1) is 0 Å². The van der Waals surface area contributed by atoms with Gasteiger partial charge in [-0.3, -0.25) is 0 Å². The Labute approximate surface area is 177 Å². The highest BCUT2D eigenvalue weighted by Gasteiger charge is 2.42. The first-order chi connectivity index (χ1) is 13.8. The van der Waals surface area contributed by atoms with Crippen molar-refractivity contribution >= 4 is 22.4 Å². The Morgan fingerprint density at radius 2 is 1.10 bits per heavy atom. The lowest BCUT2D eigenvalue weighted by molar-refractivity contribution is 0.652. The number of fused-ring (bicyclic) bond motifs is 7. The van der Waals surface area contributed by atoms with Gasteiger partial charge in [0.05, 0.1) is 0 Å². The second-order valence-electron chi connectivity index (χ2n) is 9.60. The molecular formula is C28H23Cl. The van der Waals surface area contributed by atoms with Crippen molar-refractivity contribution in [2.24, 2.45) is 0 Å². The van der Waals surface area contributed by atoms with Gasteiger partial charge in [0.25, 0.3) is 0 Å². The Balaban J connectivity index is 1.70. The molecule has 0 N–H and O–H groups in total. The molecule has 1 heteroatoms. The van der Waals surface area contributed by atoms with Gasteiger partial charge in [-0.25, -0.2) is 0 Å². The van der Waals surface area contributed by atoms with Crippen molar-refractivity contribution in [2.75, 3.05) is 0 Å². The fourth-order valence-corrected chi connectivity index (χ4v) is 5.93. The van der Waals surface area contributed by atoms with E-state index in [4.69, 9.17) is 11.6 Å². The number of halogens is 1. The first-order valence-corrected chi connectivity index (χ1v) is 10.7. The summed E-state index contributed by atoms with van der Waals surface area (Å²) in [6.07, 6.45) is 0. The Bertz CT molecular complexity index is 1350. The van der Waals surface area contributed by atoms with Gasteiger partial charge < -0.3 is 0 Å². The van der Waals surface area contributed by atoms with Crippen LogP contribution in [0.1, 0.15) is 49.9 Å². The number of rotatable bonds is 0. The van der Waals surface area contributed by atoms with Crippen molar-refractivity contribution in [3.8, 4) is 22.3 Å². The molecule has 0 nitrogen and oxygen atoms in total. The van der Waals surface area contributed by atoms with E-state index in [1.807, 2.05) is 6.07 Å². The van der Waals surface area contributed by atoms with Crippen molar-refractivity contribution in [1.82, 2.24) is 0 Å². The molecule has 0 aromatic heterocycles. The Kier molecular flexibility index (Phi) is 3.17. The lowest BCUT2D eigenvalue weighted by Crippen LogP contribution is -2.17. The van der Waals surface area contributed by atoms with Crippen molar-refractivity contribution in [3.63, 3.8) is 0 Å². The molecule has 0 spiro atoms. The van der Waals surface area contributed by atoms with E-state index in [9.17, 15) is 0 Å². The SMILES string of the molecule is CC1(C)c2cc3c(cc2-c2cc4ccccc4cc21)C(C)(C)c1cccc(Cl)c1-3. The third kappa shape index (κ3) is 2.05. The minimum absolute atomic E-state index is 0.0299. The third-order valence-corrected chi connectivity index (χ3v) is 7.63. The maximum Gasteiger partial charge on any atom is 0.0487 e. The van der Waals surface area contributed by atoms with Crippen LogP contribution in [0.2, 0.25) is 5.02 Å². The minimum atomic E-state index is -0.0473. The maximum atomic E-state index is 6.71. The highest BCUT2D eigenvalue weighted by molar-refractivity contribution is 6.34. The summed E-state index contributed by atoms with van der Waals surface area (Å²) in [6, 6.07) is 24.7. The van der Waals surface area contributed by atoms with E-state index in [-0.39, 0.29) is 10.8 Å². The van der Waals surface area contributed by atoms with Crippen molar-refractivity contribution < 1.29 is 0 Å². The Morgan fingerprint density at radius 1 is 0.552 bits per heavy atom. The van der Waals surface area contributed by atoms with Crippen molar-refractivity contribution in [2.45, 2.75) is 38.5 Å². The van der Waals surface area contributed by atoms with Crippen molar-refractivity contribution in [1.29, 1.82) is 0 Å². The lowest BCUT2D eigenvalue weighted by Gasteiger charge is -2.24. The summed E-state index contributed by atoms with van der Waals surface area (Å²) in [7, 11) is 0. The van der Waals surface area contributed by atoms with E-state index in [0.29, 0.717) is 0 Å². The highest BCUT2D eigenvalue weighted by atomic mass is 35.5. The van der Waals surface area contributed by atoms with E-state index in [1.165, 1.54) is 55.3 Å². The van der Waals surface area contributed by atoms with Gasteiger partial charge in [-0.15, -0.1) is 0 Å². The molecule has 0 amide bonds. The summed E-state index contributed by atoms with van der Waals surface area (Å²) in [5, 5.41) is 3.47. The predicted octanol–water partition coefficient (Wildman–Crippen LogP) is 8.11. The standard InChI is InChI=1S/C28H23Cl/c1-27(2)21-10-7-11-25(29)26(21)20-15-23-19(14-24(20)27)18-12-16-8-5-6-9-17(16)13-22(18)28(23,3)4/h5-15H,1-4H3. The smallest absolute Gasteiger partial charge is 0.0487 e. The van der Waals surface area contributed by atoms with E-state index in [0.717, 1.165) is 5.02 Å². The fraction of sp³-hybridized carbons (Fsp3) is 0.214. The normalized spacial score (nSPS) is 17.0. The van der Waals surface area contributed by atoms with Crippen LogP contribution >= 0.6 is 11.6 Å². The zero-order valence-electron chi connectivity index (χ0n) is 17.2. The van der Waals surface area contributed by atoms with Gasteiger partial charge in [0.2, 0.25) is 0 Å². The average molecular weight is 395 g/mol. The van der Waals surface area contributed by atoms with Gasteiger partial charge in [-0.05, 0) is 80.0 Å². The van der Waals surface area contributed by atoms with Gasteiger partial charge in [0.1, 0.15) is 0 Å². The van der Waals surface area contributed by atoms with E-state index < -0.39 is 0 Å². The van der Waals surface area contributed by atoms with Crippen LogP contribution in [-0.2, 0) is 10.8 Å². The number of benzene rings is 4. The molecule has 2 aliphatic carbocycles. The predicted molar refractivity (Wildman–Crippen MR) is 124 cm³/mol. The molecular weight excluding hydrogens is 372 g/mol. The van der Waals surface area contributed by atoms with Crippen molar-refractivity contribution in [3.05, 3.63) is 94.0 Å². The number of hydrogen-bond donors (Lipinski definition) is 0. The fourth-order valence-electron chi connectivity index (χ4n) is 5.65. The van der Waals surface area contributed by atoms with Gasteiger partial charge in [0.15, 0.2) is 0 Å². The molecule has 0 unspecified atom stereocenters. The summed E-state index contributed by atoms with van der Waals surface area (Å²) in [5.41, 5.74) is 10.8. The molecule has 4 aromatic carbocycles. The van der Waals surface area contributed by atoms with Crippen LogP contribution in [0.4, 0.5) is 0 Å². The molecule has 2 aliphatic rings. The van der Waals surface area contributed by atoms with Gasteiger partial charge >= 0.3 is 0 Å². The minimum Gasteiger partial charge on any atom is -0.0837 e. The van der Waals surface area contributed by atoms with Crippen LogP contribution in [0.25, 0.3) is 33.0 Å². The Morgan fingerprint density at radius 3 is 1.86 bits per heavy atom. The summed E-state index contributed by atoms with van der Waals surface area (Å²) in [5.74, 6) is 0. The molecule has 4 aromatic rings. The first kappa shape index (κ1) is 17.3. The summed E-state index contributed by atoms with van der Waals surface area (Å²) in [6.45, 7) is 9.35. The molecule has 29 heavy (non-hydrogen) atoms. The van der Waals surface area contributed by atoms with Crippen LogP contribution < -0.4 is 0 Å². The highest BCUT2D eigenvalue weighted by Crippen LogP contribution is 2.57. The van der Waals surface area contributed by atoms with E-state index >= 15 is 0 Å². The maximum absolute atomic E-state index is 6.71. The molecule has 0 saturated heterocycles. The Hall–Kier alpha value is -2.57. The molecule has 0 aliphatic heterocycles. The molecule has 0 saturated carbocycles. The molecule has 0 atom stereocenters. The largest absolute Gasteiger partial charge is 0.0837 e. The van der Waals surface area contributed by atoms with Gasteiger partial charge in [-0.2, -0.15) is 0 Å². The topological polar surface area (TPSA) is 0 Å². The quantitative estimate of drug-likeness (QED) is 0.282. The zero-order valence-corrected chi connectivity index (χ0v) is 18.0. The second-order valence-corrected chi connectivity index (χ2v) is 10.0. The molecule has 0 fully saturated rings. The first-order valence-electron chi connectivity index (χ1n) is 10.3. The van der Waals surface area contributed by atoms with Gasteiger partial charge in [0, 0.05) is 21.4 Å². The number of hydrogen-bond acceptors (Lipinski definition) is 0. The summed E-state index contributed by atoms with van der Waals surface area (Å²) in [4.78, 5) is 0. The third-order valence-electron chi connectivity index (χ3n) is 7.31.